The lowest BCUT2D eigenvalue weighted by molar-refractivity contribution is 0.0401. The highest BCUT2D eigenvalue weighted by Crippen LogP contribution is 2.27. The van der Waals surface area contributed by atoms with Gasteiger partial charge in [-0.1, -0.05) is 58.0 Å². The van der Waals surface area contributed by atoms with Gasteiger partial charge in [-0.15, -0.1) is 0 Å². The number of benzene rings is 1. The van der Waals surface area contributed by atoms with E-state index in [-0.39, 0.29) is 18.6 Å². The van der Waals surface area contributed by atoms with Crippen LogP contribution in [-0.2, 0) is 15.8 Å². The van der Waals surface area contributed by atoms with Gasteiger partial charge >= 0.3 is 0 Å². The molecule has 0 aliphatic rings. The molecule has 0 aliphatic carbocycles. The summed E-state index contributed by atoms with van der Waals surface area (Å²) in [6, 6.07) is 13.6. The van der Waals surface area contributed by atoms with E-state index in [9.17, 15) is 5.11 Å². The average molecular weight is 339 g/mol. The van der Waals surface area contributed by atoms with Crippen LogP contribution < -0.4 is 0 Å². The summed E-state index contributed by atoms with van der Waals surface area (Å²) in [5.74, 6) is 0.159. The van der Waals surface area contributed by atoms with Crippen LogP contribution in [0.15, 0.2) is 30.3 Å². The van der Waals surface area contributed by atoms with Gasteiger partial charge in [0.1, 0.15) is 0 Å². The van der Waals surface area contributed by atoms with Crippen molar-refractivity contribution in [1.82, 2.24) is 0 Å². The molecular weight excluding hydrogens is 304 g/mol. The molecule has 0 saturated heterocycles. The van der Waals surface area contributed by atoms with Gasteiger partial charge in [-0.05, 0) is 30.1 Å². The van der Waals surface area contributed by atoms with Crippen molar-refractivity contribution in [2.45, 2.75) is 65.0 Å². The fourth-order valence-corrected chi connectivity index (χ4v) is 5.85. The summed E-state index contributed by atoms with van der Waals surface area (Å²) in [7, 11) is -1.65. The summed E-state index contributed by atoms with van der Waals surface area (Å²) in [4.78, 5) is 0. The standard InChI is InChI=1S/C19H34O3Si/c1-5-23(6-2,7-3)22-19(17(4)15-20)13-14-21-16-18-11-9-8-10-12-18/h8-12,17,19-20H,5-7,13-16H2,1-4H3/t17-,19-/m1/s1. The van der Waals surface area contributed by atoms with Gasteiger partial charge in [0.2, 0.25) is 0 Å². The minimum Gasteiger partial charge on any atom is -0.414 e. The molecule has 0 spiro atoms. The van der Waals surface area contributed by atoms with E-state index >= 15 is 0 Å². The first kappa shape index (κ1) is 20.4. The van der Waals surface area contributed by atoms with E-state index in [4.69, 9.17) is 9.16 Å². The van der Waals surface area contributed by atoms with Crippen LogP contribution in [0.4, 0.5) is 0 Å². The molecule has 1 rings (SSSR count). The van der Waals surface area contributed by atoms with Gasteiger partial charge in [0, 0.05) is 19.1 Å². The van der Waals surface area contributed by atoms with Crippen LogP contribution >= 0.6 is 0 Å². The topological polar surface area (TPSA) is 38.7 Å². The number of rotatable bonds is 12. The van der Waals surface area contributed by atoms with Crippen LogP contribution in [-0.4, -0.2) is 32.7 Å². The van der Waals surface area contributed by atoms with Gasteiger partial charge in [-0.3, -0.25) is 0 Å². The van der Waals surface area contributed by atoms with Crippen LogP contribution in [0.3, 0.4) is 0 Å². The molecule has 0 heterocycles. The summed E-state index contributed by atoms with van der Waals surface area (Å²) in [5, 5.41) is 9.55. The third-order valence-corrected chi connectivity index (χ3v) is 9.58. The van der Waals surface area contributed by atoms with Crippen LogP contribution in [0.2, 0.25) is 18.1 Å². The maximum absolute atomic E-state index is 9.55. The number of aliphatic hydroxyl groups is 1. The Morgan fingerprint density at radius 1 is 1.04 bits per heavy atom. The highest BCUT2D eigenvalue weighted by atomic mass is 28.4. The quantitative estimate of drug-likeness (QED) is 0.447. The van der Waals surface area contributed by atoms with Crippen molar-refractivity contribution in [3.05, 3.63) is 35.9 Å². The van der Waals surface area contributed by atoms with Crippen LogP contribution in [0.1, 0.15) is 39.7 Å². The van der Waals surface area contributed by atoms with E-state index in [0.717, 1.165) is 24.6 Å². The largest absolute Gasteiger partial charge is 0.414 e. The predicted octanol–water partition coefficient (Wildman–Crippen LogP) is 4.61. The highest BCUT2D eigenvalue weighted by Gasteiger charge is 2.33. The Hall–Kier alpha value is -0.683. The zero-order chi connectivity index (χ0) is 17.1. The molecule has 4 heteroatoms. The van der Waals surface area contributed by atoms with E-state index in [2.05, 4.69) is 39.8 Å². The molecule has 0 bridgehead atoms. The van der Waals surface area contributed by atoms with E-state index in [1.165, 1.54) is 5.56 Å². The molecule has 0 radical (unpaired) electrons. The normalized spacial score (nSPS) is 14.7. The van der Waals surface area contributed by atoms with Crippen molar-refractivity contribution in [2.75, 3.05) is 13.2 Å². The third-order valence-electron chi connectivity index (χ3n) is 4.92. The summed E-state index contributed by atoms with van der Waals surface area (Å²) in [6.45, 7) is 10.3. The SMILES string of the molecule is CC[Si](CC)(CC)O[C@H](CCOCc1ccccc1)[C@H](C)CO. The molecule has 0 unspecified atom stereocenters. The second-order valence-corrected chi connectivity index (χ2v) is 11.1. The summed E-state index contributed by atoms with van der Waals surface area (Å²) < 4.78 is 12.4. The molecule has 1 aromatic carbocycles. The van der Waals surface area contributed by atoms with Gasteiger partial charge in [0.15, 0.2) is 8.32 Å². The van der Waals surface area contributed by atoms with Crippen molar-refractivity contribution >= 4 is 8.32 Å². The smallest absolute Gasteiger partial charge is 0.192 e. The average Bonchev–Trinajstić information content (AvgIpc) is 2.62. The number of hydrogen-bond donors (Lipinski definition) is 1. The van der Waals surface area contributed by atoms with E-state index < -0.39 is 8.32 Å². The van der Waals surface area contributed by atoms with Crippen LogP contribution in [0.25, 0.3) is 0 Å². The van der Waals surface area contributed by atoms with Crippen molar-refractivity contribution in [1.29, 1.82) is 0 Å². The molecule has 1 aromatic rings. The molecule has 0 aliphatic heterocycles. The summed E-state index contributed by atoms with van der Waals surface area (Å²) in [6.07, 6.45) is 0.950. The lowest BCUT2D eigenvalue weighted by atomic mass is 10.0. The number of hydrogen-bond acceptors (Lipinski definition) is 3. The maximum atomic E-state index is 9.55. The Balaban J connectivity index is 2.51. The molecule has 23 heavy (non-hydrogen) atoms. The van der Waals surface area contributed by atoms with Crippen LogP contribution in [0, 0.1) is 5.92 Å². The zero-order valence-corrected chi connectivity index (χ0v) is 16.3. The van der Waals surface area contributed by atoms with Gasteiger partial charge in [-0.2, -0.15) is 0 Å². The zero-order valence-electron chi connectivity index (χ0n) is 15.3. The van der Waals surface area contributed by atoms with Crippen LogP contribution in [0.5, 0.6) is 0 Å². The van der Waals surface area contributed by atoms with E-state index in [1.807, 2.05) is 18.2 Å². The first-order chi connectivity index (χ1) is 11.1. The highest BCUT2D eigenvalue weighted by molar-refractivity contribution is 6.73. The Labute approximate surface area is 143 Å². The van der Waals surface area contributed by atoms with Crippen molar-refractivity contribution < 1.29 is 14.3 Å². The maximum Gasteiger partial charge on any atom is 0.192 e. The minimum absolute atomic E-state index is 0.0993. The second kappa shape index (κ2) is 11.0. The molecular formula is C19H34O3Si. The molecule has 3 nitrogen and oxygen atoms in total. The predicted molar refractivity (Wildman–Crippen MR) is 99.0 cm³/mol. The van der Waals surface area contributed by atoms with Gasteiger partial charge in [0.05, 0.1) is 12.7 Å². The first-order valence-corrected chi connectivity index (χ1v) is 11.5. The molecule has 0 amide bonds. The Bertz CT molecular complexity index is 398. The molecule has 132 valence electrons. The van der Waals surface area contributed by atoms with Gasteiger partial charge in [0.25, 0.3) is 0 Å². The van der Waals surface area contributed by atoms with Crippen molar-refractivity contribution in [3.63, 3.8) is 0 Å². The monoisotopic (exact) mass is 338 g/mol. The Morgan fingerprint density at radius 2 is 1.65 bits per heavy atom. The van der Waals surface area contributed by atoms with Crippen molar-refractivity contribution in [2.24, 2.45) is 5.92 Å². The third kappa shape index (κ3) is 6.75. The summed E-state index contributed by atoms with van der Waals surface area (Å²) >= 11 is 0. The lowest BCUT2D eigenvalue weighted by Crippen LogP contribution is -2.43. The first-order valence-electron chi connectivity index (χ1n) is 9.01. The van der Waals surface area contributed by atoms with E-state index in [0.29, 0.717) is 13.2 Å². The second-order valence-electron chi connectivity index (χ2n) is 6.39. The lowest BCUT2D eigenvalue weighted by Gasteiger charge is -2.35. The molecule has 0 fully saturated rings. The fraction of sp³-hybridized carbons (Fsp3) is 0.684. The molecule has 0 saturated carbocycles. The Morgan fingerprint density at radius 3 is 2.17 bits per heavy atom. The summed E-state index contributed by atoms with van der Waals surface area (Å²) in [5.41, 5.74) is 1.19. The fourth-order valence-electron chi connectivity index (χ4n) is 2.86. The molecule has 1 N–H and O–H groups in total. The van der Waals surface area contributed by atoms with Crippen molar-refractivity contribution in [3.8, 4) is 0 Å². The minimum atomic E-state index is -1.65. The van der Waals surface area contributed by atoms with E-state index in [1.54, 1.807) is 0 Å². The molecule has 0 aromatic heterocycles. The molecule has 2 atom stereocenters. The number of aliphatic hydroxyl groups excluding tert-OH is 1. The van der Waals surface area contributed by atoms with Gasteiger partial charge < -0.3 is 14.3 Å². The van der Waals surface area contributed by atoms with Gasteiger partial charge in [-0.25, -0.2) is 0 Å². The number of ether oxygens (including phenoxy) is 1. The Kier molecular flexibility index (Phi) is 9.71.